The molecular formula is C17H24N2O2. The fraction of sp³-hybridized carbons (Fsp3) is 0.471. The van der Waals surface area contributed by atoms with Gasteiger partial charge in [0, 0.05) is 30.8 Å². The number of fused-ring (bicyclic) bond motifs is 1. The minimum absolute atomic E-state index is 0.0416. The zero-order chi connectivity index (χ0) is 15.3. The van der Waals surface area contributed by atoms with E-state index in [9.17, 15) is 0 Å². The van der Waals surface area contributed by atoms with Gasteiger partial charge in [-0.3, -0.25) is 4.98 Å². The Labute approximate surface area is 126 Å². The predicted molar refractivity (Wildman–Crippen MR) is 85.8 cm³/mol. The van der Waals surface area contributed by atoms with Gasteiger partial charge in [-0.25, -0.2) is 0 Å². The summed E-state index contributed by atoms with van der Waals surface area (Å²) < 4.78 is 11.4. The molecule has 1 unspecified atom stereocenters. The third-order valence-corrected chi connectivity index (χ3v) is 3.11. The number of rotatable bonds is 6. The summed E-state index contributed by atoms with van der Waals surface area (Å²) in [6, 6.07) is 9.88. The molecule has 0 saturated heterocycles. The first-order valence-electron chi connectivity index (χ1n) is 7.24. The van der Waals surface area contributed by atoms with E-state index in [-0.39, 0.29) is 11.6 Å². The van der Waals surface area contributed by atoms with Gasteiger partial charge < -0.3 is 14.8 Å². The Morgan fingerprint density at radius 2 is 2.00 bits per heavy atom. The highest BCUT2D eigenvalue weighted by Gasteiger charge is 2.16. The molecule has 4 nitrogen and oxygen atoms in total. The largest absolute Gasteiger partial charge is 0.486 e. The maximum atomic E-state index is 6.14. The molecule has 0 saturated carbocycles. The average molecular weight is 288 g/mol. The molecule has 1 aromatic heterocycles. The van der Waals surface area contributed by atoms with Crippen LogP contribution < -0.4 is 10.1 Å². The lowest BCUT2D eigenvalue weighted by Crippen LogP contribution is -2.44. The Kier molecular flexibility index (Phi) is 5.15. The molecule has 21 heavy (non-hydrogen) atoms. The number of hydrogen-bond acceptors (Lipinski definition) is 4. The topological polar surface area (TPSA) is 43.4 Å². The number of ether oxygens (including phenoxy) is 2. The van der Waals surface area contributed by atoms with E-state index in [0.717, 1.165) is 23.2 Å². The normalized spacial score (nSPS) is 13.3. The molecule has 1 heterocycles. The van der Waals surface area contributed by atoms with Crippen LogP contribution in [0.5, 0.6) is 5.75 Å². The predicted octanol–water partition coefficient (Wildman–Crippen LogP) is 3.02. The zero-order valence-electron chi connectivity index (χ0n) is 13.2. The number of nitrogens with one attached hydrogen (secondary N) is 1. The highest BCUT2D eigenvalue weighted by molar-refractivity contribution is 5.84. The third kappa shape index (κ3) is 4.69. The molecule has 0 amide bonds. The van der Waals surface area contributed by atoms with Crippen molar-refractivity contribution in [2.45, 2.75) is 32.4 Å². The molecular weight excluding hydrogens is 264 g/mol. The van der Waals surface area contributed by atoms with Gasteiger partial charge in [0.15, 0.2) is 0 Å². The Hall–Kier alpha value is -1.65. The summed E-state index contributed by atoms with van der Waals surface area (Å²) in [5.74, 6) is 0.846. The van der Waals surface area contributed by atoms with Gasteiger partial charge in [-0.2, -0.15) is 0 Å². The number of aromatic nitrogens is 1. The summed E-state index contributed by atoms with van der Waals surface area (Å²) in [5.41, 5.74) is 0.991. The van der Waals surface area contributed by atoms with Crippen molar-refractivity contribution in [3.05, 3.63) is 36.5 Å². The van der Waals surface area contributed by atoms with E-state index >= 15 is 0 Å². The first-order valence-corrected chi connectivity index (χ1v) is 7.24. The number of pyridine rings is 1. The molecule has 1 N–H and O–H groups in total. The SMILES string of the molecule is COCC(CNC(C)(C)C)Oc1cccc2ncccc12. The van der Waals surface area contributed by atoms with Gasteiger partial charge >= 0.3 is 0 Å². The van der Waals surface area contributed by atoms with E-state index in [1.54, 1.807) is 13.3 Å². The van der Waals surface area contributed by atoms with Crippen LogP contribution in [0.1, 0.15) is 20.8 Å². The molecule has 0 aliphatic rings. The lowest BCUT2D eigenvalue weighted by Gasteiger charge is -2.26. The van der Waals surface area contributed by atoms with Crippen LogP contribution in [0.15, 0.2) is 36.5 Å². The minimum atomic E-state index is -0.0416. The third-order valence-electron chi connectivity index (χ3n) is 3.11. The van der Waals surface area contributed by atoms with Gasteiger partial charge in [0.05, 0.1) is 12.1 Å². The second-order valence-corrected chi connectivity index (χ2v) is 6.15. The maximum absolute atomic E-state index is 6.14. The summed E-state index contributed by atoms with van der Waals surface area (Å²) in [6.45, 7) is 7.68. The van der Waals surface area contributed by atoms with Gasteiger partial charge in [0.25, 0.3) is 0 Å². The van der Waals surface area contributed by atoms with Crippen molar-refractivity contribution in [1.29, 1.82) is 0 Å². The molecule has 1 aromatic carbocycles. The van der Waals surface area contributed by atoms with E-state index in [2.05, 4.69) is 31.1 Å². The molecule has 0 radical (unpaired) electrons. The van der Waals surface area contributed by atoms with Crippen LogP contribution in [0.2, 0.25) is 0 Å². The number of nitrogens with zero attached hydrogens (tertiary/aromatic N) is 1. The van der Waals surface area contributed by atoms with Crippen LogP contribution in [0, 0.1) is 0 Å². The molecule has 0 bridgehead atoms. The van der Waals surface area contributed by atoms with E-state index in [0.29, 0.717) is 6.61 Å². The molecule has 2 aromatic rings. The monoisotopic (exact) mass is 288 g/mol. The van der Waals surface area contributed by atoms with Gasteiger partial charge in [0.1, 0.15) is 11.9 Å². The number of methoxy groups -OCH3 is 1. The van der Waals surface area contributed by atoms with E-state index in [4.69, 9.17) is 9.47 Å². The molecule has 0 fully saturated rings. The van der Waals surface area contributed by atoms with Crippen molar-refractivity contribution >= 4 is 10.9 Å². The summed E-state index contributed by atoms with van der Waals surface area (Å²) in [7, 11) is 1.69. The van der Waals surface area contributed by atoms with Crippen molar-refractivity contribution in [2.24, 2.45) is 0 Å². The van der Waals surface area contributed by atoms with Crippen molar-refractivity contribution in [3.8, 4) is 5.75 Å². The van der Waals surface area contributed by atoms with Crippen LogP contribution in [-0.2, 0) is 4.74 Å². The zero-order valence-corrected chi connectivity index (χ0v) is 13.2. The lowest BCUT2D eigenvalue weighted by atomic mass is 10.1. The fourth-order valence-corrected chi connectivity index (χ4v) is 2.10. The van der Waals surface area contributed by atoms with Crippen LogP contribution >= 0.6 is 0 Å². The number of benzene rings is 1. The molecule has 0 spiro atoms. The van der Waals surface area contributed by atoms with Crippen LogP contribution in [0.3, 0.4) is 0 Å². The van der Waals surface area contributed by atoms with Gasteiger partial charge in [0.2, 0.25) is 0 Å². The van der Waals surface area contributed by atoms with E-state index in [1.807, 2.05) is 30.3 Å². The molecule has 2 rings (SSSR count). The second-order valence-electron chi connectivity index (χ2n) is 6.15. The van der Waals surface area contributed by atoms with Crippen molar-refractivity contribution in [1.82, 2.24) is 10.3 Å². The Bertz CT molecular complexity index is 573. The second kappa shape index (κ2) is 6.87. The van der Waals surface area contributed by atoms with Gasteiger partial charge in [-0.05, 0) is 45.0 Å². The Morgan fingerprint density at radius 1 is 1.19 bits per heavy atom. The van der Waals surface area contributed by atoms with Crippen LogP contribution in [0.25, 0.3) is 10.9 Å². The molecule has 1 atom stereocenters. The highest BCUT2D eigenvalue weighted by atomic mass is 16.5. The standard InChI is InChI=1S/C17H24N2O2/c1-17(2,3)19-11-13(12-20-4)21-16-9-5-8-15-14(16)7-6-10-18-15/h5-10,13,19H,11-12H2,1-4H3. The summed E-state index contributed by atoms with van der Waals surface area (Å²) in [6.07, 6.45) is 1.75. The molecule has 4 heteroatoms. The first-order chi connectivity index (χ1) is 9.99. The van der Waals surface area contributed by atoms with E-state index < -0.39 is 0 Å². The smallest absolute Gasteiger partial charge is 0.134 e. The molecule has 0 aliphatic carbocycles. The summed E-state index contributed by atoms with van der Waals surface area (Å²) >= 11 is 0. The molecule has 114 valence electrons. The minimum Gasteiger partial charge on any atom is -0.486 e. The van der Waals surface area contributed by atoms with Crippen molar-refractivity contribution in [2.75, 3.05) is 20.3 Å². The van der Waals surface area contributed by atoms with E-state index in [1.165, 1.54) is 0 Å². The lowest BCUT2D eigenvalue weighted by molar-refractivity contribution is 0.0775. The first kappa shape index (κ1) is 15.7. The maximum Gasteiger partial charge on any atom is 0.134 e. The number of hydrogen-bond donors (Lipinski definition) is 1. The summed E-state index contributed by atoms with van der Waals surface area (Å²) in [4.78, 5) is 4.35. The highest BCUT2D eigenvalue weighted by Crippen LogP contribution is 2.24. The van der Waals surface area contributed by atoms with Gasteiger partial charge in [-0.1, -0.05) is 6.07 Å². The Morgan fingerprint density at radius 3 is 2.71 bits per heavy atom. The van der Waals surface area contributed by atoms with Crippen molar-refractivity contribution < 1.29 is 9.47 Å². The van der Waals surface area contributed by atoms with Crippen LogP contribution in [0.4, 0.5) is 0 Å². The average Bonchev–Trinajstić information content (AvgIpc) is 2.44. The van der Waals surface area contributed by atoms with Crippen molar-refractivity contribution in [3.63, 3.8) is 0 Å². The molecule has 0 aliphatic heterocycles. The fourth-order valence-electron chi connectivity index (χ4n) is 2.10. The van der Waals surface area contributed by atoms with Crippen LogP contribution in [-0.4, -0.2) is 36.9 Å². The van der Waals surface area contributed by atoms with Gasteiger partial charge in [-0.15, -0.1) is 0 Å². The quantitative estimate of drug-likeness (QED) is 0.887. The Balaban J connectivity index is 2.15. The summed E-state index contributed by atoms with van der Waals surface area (Å²) in [5, 5.41) is 4.48.